The molecule has 1 N–H and O–H groups in total. The summed E-state index contributed by atoms with van der Waals surface area (Å²) in [6.07, 6.45) is 0. The van der Waals surface area contributed by atoms with E-state index in [0.717, 1.165) is 0 Å². The van der Waals surface area contributed by atoms with Crippen LogP contribution in [0.4, 0.5) is 10.1 Å². The highest BCUT2D eigenvalue weighted by atomic mass is 19.1. The molecule has 7 heteroatoms. The van der Waals surface area contributed by atoms with Gasteiger partial charge in [0.1, 0.15) is 23.1 Å². The second kappa shape index (κ2) is 8.78. The number of Topliss-reactive ketones (excluding diaryl/α,β-unsaturated/α-hetero) is 1. The van der Waals surface area contributed by atoms with Gasteiger partial charge in [0.05, 0.1) is 25.8 Å². The fourth-order valence-electron chi connectivity index (χ4n) is 4.00. The van der Waals surface area contributed by atoms with Gasteiger partial charge < -0.3 is 14.6 Å². The molecule has 0 aromatic heterocycles. The first-order chi connectivity index (χ1) is 15.8. The number of carbonyl (C=O) groups excluding carboxylic acids is 2. The Labute approximate surface area is 190 Å². The predicted octanol–water partition coefficient (Wildman–Crippen LogP) is 4.78. The Bertz CT molecular complexity index is 1270. The maximum absolute atomic E-state index is 13.6. The molecule has 0 saturated carbocycles. The molecule has 33 heavy (non-hydrogen) atoms. The van der Waals surface area contributed by atoms with E-state index in [0.29, 0.717) is 33.9 Å². The van der Waals surface area contributed by atoms with Crippen molar-refractivity contribution < 1.29 is 28.6 Å². The molecule has 3 aromatic carbocycles. The second-order valence-electron chi connectivity index (χ2n) is 7.60. The van der Waals surface area contributed by atoms with Crippen LogP contribution in [0.2, 0.25) is 0 Å². The van der Waals surface area contributed by atoms with E-state index >= 15 is 0 Å². The Kier molecular flexibility index (Phi) is 5.87. The van der Waals surface area contributed by atoms with Crippen LogP contribution in [-0.2, 0) is 9.59 Å². The molecule has 1 saturated heterocycles. The molecule has 6 nitrogen and oxygen atoms in total. The van der Waals surface area contributed by atoms with E-state index in [4.69, 9.17) is 9.47 Å². The number of carbonyl (C=O) groups is 2. The van der Waals surface area contributed by atoms with Crippen LogP contribution < -0.4 is 14.4 Å². The molecule has 1 atom stereocenters. The van der Waals surface area contributed by atoms with E-state index in [2.05, 4.69) is 0 Å². The van der Waals surface area contributed by atoms with Crippen molar-refractivity contribution in [3.05, 3.63) is 94.8 Å². The lowest BCUT2D eigenvalue weighted by Crippen LogP contribution is -2.29. The summed E-state index contributed by atoms with van der Waals surface area (Å²) in [4.78, 5) is 27.6. The van der Waals surface area contributed by atoms with E-state index in [1.165, 1.54) is 43.4 Å². The van der Waals surface area contributed by atoms with Crippen molar-refractivity contribution in [2.24, 2.45) is 0 Å². The molecule has 168 valence electrons. The quantitative estimate of drug-likeness (QED) is 0.346. The number of ether oxygens (including phenoxy) is 2. The number of anilines is 1. The zero-order valence-electron chi connectivity index (χ0n) is 18.3. The number of ketones is 1. The number of aliphatic hydroxyl groups is 1. The number of halogens is 1. The van der Waals surface area contributed by atoms with Crippen LogP contribution in [0.3, 0.4) is 0 Å². The summed E-state index contributed by atoms with van der Waals surface area (Å²) >= 11 is 0. The first kappa shape index (κ1) is 22.1. The van der Waals surface area contributed by atoms with E-state index < -0.39 is 23.5 Å². The summed E-state index contributed by atoms with van der Waals surface area (Å²) in [5.41, 5.74) is 1.90. The number of amides is 1. The van der Waals surface area contributed by atoms with Gasteiger partial charge in [-0.15, -0.1) is 0 Å². The lowest BCUT2D eigenvalue weighted by atomic mass is 9.93. The summed E-state index contributed by atoms with van der Waals surface area (Å²) < 4.78 is 24.1. The molecule has 0 radical (unpaired) electrons. The predicted molar refractivity (Wildman–Crippen MR) is 122 cm³/mol. The SMILES string of the molecule is COc1cccc(C2/C(=C(/O)c3ccc(OC)cc3C)C(=O)C(=O)N2c2ccc(F)cc2)c1. The van der Waals surface area contributed by atoms with E-state index in [1.54, 1.807) is 49.4 Å². The van der Waals surface area contributed by atoms with Gasteiger partial charge in [0, 0.05) is 11.3 Å². The van der Waals surface area contributed by atoms with Crippen molar-refractivity contribution in [2.75, 3.05) is 19.1 Å². The minimum absolute atomic E-state index is 0.0640. The maximum atomic E-state index is 13.6. The summed E-state index contributed by atoms with van der Waals surface area (Å²) in [6, 6.07) is 16.3. The number of aliphatic hydroxyl groups excluding tert-OH is 1. The molecular formula is C26H22FNO5. The number of benzene rings is 3. The molecule has 1 aliphatic heterocycles. The number of aryl methyl sites for hydroxylation is 1. The minimum atomic E-state index is -0.938. The van der Waals surface area contributed by atoms with Crippen molar-refractivity contribution in [3.63, 3.8) is 0 Å². The normalized spacial score (nSPS) is 17.3. The molecule has 1 aliphatic rings. The number of nitrogens with zero attached hydrogens (tertiary/aromatic N) is 1. The van der Waals surface area contributed by atoms with E-state index in [9.17, 15) is 19.1 Å². The van der Waals surface area contributed by atoms with Crippen molar-refractivity contribution in [2.45, 2.75) is 13.0 Å². The molecule has 1 amide bonds. The van der Waals surface area contributed by atoms with E-state index in [1.807, 2.05) is 0 Å². The van der Waals surface area contributed by atoms with Gasteiger partial charge in [0.2, 0.25) is 0 Å². The van der Waals surface area contributed by atoms with Crippen LogP contribution in [0.5, 0.6) is 11.5 Å². The fourth-order valence-corrected chi connectivity index (χ4v) is 4.00. The Balaban J connectivity index is 1.96. The van der Waals surface area contributed by atoms with Crippen molar-refractivity contribution >= 4 is 23.1 Å². The largest absolute Gasteiger partial charge is 0.507 e. The fraction of sp³-hybridized carbons (Fsp3) is 0.154. The van der Waals surface area contributed by atoms with Crippen LogP contribution in [0.15, 0.2) is 72.3 Å². The molecule has 4 rings (SSSR count). The van der Waals surface area contributed by atoms with Gasteiger partial charge in [-0.05, 0) is 72.6 Å². The van der Waals surface area contributed by atoms with Gasteiger partial charge >= 0.3 is 0 Å². The first-order valence-electron chi connectivity index (χ1n) is 10.2. The van der Waals surface area contributed by atoms with Crippen LogP contribution >= 0.6 is 0 Å². The zero-order chi connectivity index (χ0) is 23.7. The highest BCUT2D eigenvalue weighted by Crippen LogP contribution is 2.43. The monoisotopic (exact) mass is 447 g/mol. The third kappa shape index (κ3) is 3.93. The van der Waals surface area contributed by atoms with Crippen molar-refractivity contribution in [1.29, 1.82) is 0 Å². The van der Waals surface area contributed by atoms with Gasteiger partial charge in [0.25, 0.3) is 11.7 Å². The van der Waals surface area contributed by atoms with Gasteiger partial charge in [-0.25, -0.2) is 4.39 Å². The number of hydrogen-bond donors (Lipinski definition) is 1. The van der Waals surface area contributed by atoms with Crippen LogP contribution in [0, 0.1) is 12.7 Å². The summed E-state index contributed by atoms with van der Waals surface area (Å²) in [6.45, 7) is 1.77. The average molecular weight is 447 g/mol. The third-order valence-electron chi connectivity index (χ3n) is 5.65. The molecule has 1 heterocycles. The van der Waals surface area contributed by atoms with Gasteiger partial charge in [-0.2, -0.15) is 0 Å². The van der Waals surface area contributed by atoms with Crippen LogP contribution in [0.1, 0.15) is 22.7 Å². The summed E-state index contributed by atoms with van der Waals surface area (Å²) in [5.74, 6) is -1.30. The summed E-state index contributed by atoms with van der Waals surface area (Å²) in [5, 5.41) is 11.3. The second-order valence-corrected chi connectivity index (χ2v) is 7.60. The highest BCUT2D eigenvalue weighted by Gasteiger charge is 2.47. The molecule has 1 unspecified atom stereocenters. The van der Waals surface area contributed by atoms with Crippen molar-refractivity contribution in [3.8, 4) is 11.5 Å². The average Bonchev–Trinajstić information content (AvgIpc) is 3.09. The number of rotatable bonds is 5. The topological polar surface area (TPSA) is 76.1 Å². The standard InChI is InChI=1S/C26H22FNO5/c1-15-13-20(33-3)11-12-21(15)24(29)22-23(16-5-4-6-19(14-16)32-2)28(26(31)25(22)30)18-9-7-17(27)8-10-18/h4-14,23,29H,1-3H3/b24-22-. The van der Waals surface area contributed by atoms with E-state index in [-0.39, 0.29) is 11.3 Å². The zero-order valence-corrected chi connectivity index (χ0v) is 18.3. The van der Waals surface area contributed by atoms with Gasteiger partial charge in [-0.3, -0.25) is 14.5 Å². The molecule has 0 aliphatic carbocycles. The highest BCUT2D eigenvalue weighted by molar-refractivity contribution is 6.51. The molecule has 1 fully saturated rings. The Morgan fingerprint density at radius 1 is 0.939 bits per heavy atom. The summed E-state index contributed by atoms with van der Waals surface area (Å²) in [7, 11) is 3.04. The molecule has 0 bridgehead atoms. The first-order valence-corrected chi connectivity index (χ1v) is 10.2. The molecular weight excluding hydrogens is 425 g/mol. The third-order valence-corrected chi connectivity index (χ3v) is 5.65. The molecule has 3 aromatic rings. The Hall–Kier alpha value is -4.13. The Morgan fingerprint density at radius 2 is 1.61 bits per heavy atom. The van der Waals surface area contributed by atoms with Crippen LogP contribution in [0.25, 0.3) is 5.76 Å². The van der Waals surface area contributed by atoms with Crippen molar-refractivity contribution in [1.82, 2.24) is 0 Å². The lowest BCUT2D eigenvalue weighted by molar-refractivity contribution is -0.132. The van der Waals surface area contributed by atoms with Gasteiger partial charge in [-0.1, -0.05) is 12.1 Å². The van der Waals surface area contributed by atoms with Crippen LogP contribution in [-0.4, -0.2) is 31.0 Å². The Morgan fingerprint density at radius 3 is 2.24 bits per heavy atom. The maximum Gasteiger partial charge on any atom is 0.300 e. The lowest BCUT2D eigenvalue weighted by Gasteiger charge is -2.26. The minimum Gasteiger partial charge on any atom is -0.507 e. The number of hydrogen-bond acceptors (Lipinski definition) is 5. The number of methoxy groups -OCH3 is 2. The molecule has 0 spiro atoms. The van der Waals surface area contributed by atoms with Gasteiger partial charge in [0.15, 0.2) is 0 Å². The smallest absolute Gasteiger partial charge is 0.300 e.